The van der Waals surface area contributed by atoms with Crippen LogP contribution in [0.2, 0.25) is 0 Å². The maximum Gasteiger partial charge on any atom is 0.283 e. The van der Waals surface area contributed by atoms with Crippen molar-refractivity contribution < 1.29 is 22.7 Å². The molecular formula is C20H18F3N5O2. The van der Waals surface area contributed by atoms with Crippen LogP contribution in [0.5, 0.6) is 0 Å². The zero-order valence-electron chi connectivity index (χ0n) is 16.1. The number of halogens is 3. The number of alkyl halides is 1. The minimum atomic E-state index is -1.82. The third-order valence-corrected chi connectivity index (χ3v) is 5.16. The molecule has 3 atom stereocenters. The first-order valence-electron chi connectivity index (χ1n) is 8.96. The predicted octanol–water partition coefficient (Wildman–Crippen LogP) is 3.02. The number of ether oxygens (including phenoxy) is 1. The highest BCUT2D eigenvalue weighted by Gasteiger charge is 2.47. The maximum absolute atomic E-state index is 14.7. The van der Waals surface area contributed by atoms with Gasteiger partial charge in [-0.3, -0.25) is 4.79 Å². The molecule has 3 N–H and O–H groups in total. The van der Waals surface area contributed by atoms with E-state index in [-0.39, 0.29) is 23.0 Å². The number of benzene rings is 1. The van der Waals surface area contributed by atoms with E-state index in [1.807, 2.05) is 6.07 Å². The maximum atomic E-state index is 14.7. The van der Waals surface area contributed by atoms with Gasteiger partial charge >= 0.3 is 0 Å². The lowest BCUT2D eigenvalue weighted by atomic mass is 9.76. The molecule has 0 bridgehead atoms. The summed E-state index contributed by atoms with van der Waals surface area (Å²) in [5.74, 6) is -3.99. The summed E-state index contributed by atoms with van der Waals surface area (Å²) in [7, 11) is 0. The molecule has 0 radical (unpaired) electrons. The van der Waals surface area contributed by atoms with Gasteiger partial charge in [0.15, 0.2) is 11.6 Å². The monoisotopic (exact) mass is 417 g/mol. The molecule has 0 fully saturated rings. The molecule has 1 aromatic heterocycles. The van der Waals surface area contributed by atoms with E-state index in [2.05, 4.69) is 15.3 Å². The Bertz CT molecular complexity index is 1050. The highest BCUT2D eigenvalue weighted by atomic mass is 19.2. The molecule has 7 nitrogen and oxygen atoms in total. The summed E-state index contributed by atoms with van der Waals surface area (Å²) in [4.78, 5) is 20.2. The molecule has 10 heteroatoms. The van der Waals surface area contributed by atoms with Crippen molar-refractivity contribution in [1.29, 1.82) is 5.26 Å². The minimum absolute atomic E-state index is 0.0455. The van der Waals surface area contributed by atoms with Crippen LogP contribution < -0.4 is 11.1 Å². The molecule has 3 rings (SSSR count). The Balaban J connectivity index is 2.02. The van der Waals surface area contributed by atoms with E-state index in [1.54, 1.807) is 13.8 Å². The van der Waals surface area contributed by atoms with Crippen molar-refractivity contribution in [3.05, 3.63) is 58.9 Å². The molecule has 0 aliphatic carbocycles. The first-order valence-corrected chi connectivity index (χ1v) is 8.96. The SMILES string of the molecule is CC1OC(N)=N[C@@](CF)(c2cc(NC(=O)c3ccc(C#N)cn3)cc(F)c2F)[C@@H]1C. The molecule has 1 aliphatic heterocycles. The topological polar surface area (TPSA) is 113 Å². The normalized spacial score (nSPS) is 23.1. The number of rotatable bonds is 4. The number of carbonyl (C=O) groups excluding carboxylic acids is 1. The van der Waals surface area contributed by atoms with Gasteiger partial charge in [-0.05, 0) is 25.1 Å². The lowest BCUT2D eigenvalue weighted by Crippen LogP contribution is -2.48. The Morgan fingerprint density at radius 2 is 2.10 bits per heavy atom. The number of amidine groups is 1. The first kappa shape index (κ1) is 21.1. The molecule has 1 unspecified atom stereocenters. The van der Waals surface area contributed by atoms with Crippen molar-refractivity contribution in [3.63, 3.8) is 0 Å². The van der Waals surface area contributed by atoms with Gasteiger partial charge in [0.1, 0.15) is 30.1 Å². The fraction of sp³-hybridized carbons (Fsp3) is 0.300. The lowest BCUT2D eigenvalue weighted by molar-refractivity contribution is 0.0491. The fourth-order valence-electron chi connectivity index (χ4n) is 3.30. The van der Waals surface area contributed by atoms with Crippen molar-refractivity contribution in [2.75, 3.05) is 12.0 Å². The van der Waals surface area contributed by atoms with Crippen LogP contribution in [0.1, 0.15) is 35.5 Å². The van der Waals surface area contributed by atoms with Crippen LogP contribution in [-0.2, 0) is 10.3 Å². The highest BCUT2D eigenvalue weighted by molar-refractivity contribution is 6.02. The van der Waals surface area contributed by atoms with Crippen LogP contribution in [0.4, 0.5) is 18.9 Å². The zero-order valence-corrected chi connectivity index (χ0v) is 16.1. The number of amides is 1. The molecule has 1 aliphatic rings. The summed E-state index contributed by atoms with van der Waals surface area (Å²) in [5.41, 5.74) is 3.51. The number of nitrogens with zero attached hydrogens (tertiary/aromatic N) is 3. The third-order valence-electron chi connectivity index (χ3n) is 5.16. The second kappa shape index (κ2) is 8.02. The molecule has 0 spiro atoms. The lowest BCUT2D eigenvalue weighted by Gasteiger charge is -2.40. The molecular weight excluding hydrogens is 399 g/mol. The molecule has 156 valence electrons. The molecule has 2 heterocycles. The number of nitriles is 1. The van der Waals surface area contributed by atoms with Gasteiger partial charge in [0.05, 0.1) is 5.56 Å². The number of aromatic nitrogens is 1. The minimum Gasteiger partial charge on any atom is -0.462 e. The number of carbonyl (C=O) groups is 1. The summed E-state index contributed by atoms with van der Waals surface area (Å²) >= 11 is 0. The Morgan fingerprint density at radius 3 is 2.70 bits per heavy atom. The van der Waals surface area contributed by atoms with Crippen LogP contribution in [0.15, 0.2) is 35.5 Å². The molecule has 30 heavy (non-hydrogen) atoms. The third kappa shape index (κ3) is 3.66. The largest absolute Gasteiger partial charge is 0.462 e. The Morgan fingerprint density at radius 1 is 1.37 bits per heavy atom. The number of hydrogen-bond acceptors (Lipinski definition) is 6. The highest BCUT2D eigenvalue weighted by Crippen LogP contribution is 2.42. The quantitative estimate of drug-likeness (QED) is 0.794. The van der Waals surface area contributed by atoms with E-state index in [0.717, 1.165) is 12.1 Å². The van der Waals surface area contributed by atoms with Crippen LogP contribution in [-0.4, -0.2) is 29.7 Å². The fourth-order valence-corrected chi connectivity index (χ4v) is 3.30. The van der Waals surface area contributed by atoms with Crippen molar-refractivity contribution in [2.24, 2.45) is 16.6 Å². The van der Waals surface area contributed by atoms with Gasteiger partial charge in [-0.1, -0.05) is 6.92 Å². The van der Waals surface area contributed by atoms with Crippen molar-refractivity contribution in [3.8, 4) is 6.07 Å². The Labute approximate surface area is 170 Å². The Kier molecular flexibility index (Phi) is 5.64. The smallest absolute Gasteiger partial charge is 0.283 e. The summed E-state index contributed by atoms with van der Waals surface area (Å²) in [6.07, 6.45) is 0.591. The van der Waals surface area contributed by atoms with Gasteiger partial charge in [0.2, 0.25) is 0 Å². The van der Waals surface area contributed by atoms with E-state index in [9.17, 15) is 18.0 Å². The van der Waals surface area contributed by atoms with Crippen molar-refractivity contribution >= 4 is 17.6 Å². The number of nitrogens with two attached hydrogens (primary N) is 1. The van der Waals surface area contributed by atoms with E-state index >= 15 is 0 Å². The second-order valence-electron chi connectivity index (χ2n) is 6.94. The summed E-state index contributed by atoms with van der Waals surface area (Å²) in [6.45, 7) is 2.05. The molecule has 0 saturated heterocycles. The van der Waals surface area contributed by atoms with E-state index in [4.69, 9.17) is 15.7 Å². The first-order chi connectivity index (χ1) is 14.2. The van der Waals surface area contributed by atoms with Crippen LogP contribution in [0.3, 0.4) is 0 Å². The average Bonchev–Trinajstić information content (AvgIpc) is 2.73. The number of anilines is 1. The average molecular weight is 417 g/mol. The summed E-state index contributed by atoms with van der Waals surface area (Å²) in [6, 6.07) is 6.11. The van der Waals surface area contributed by atoms with E-state index in [1.165, 1.54) is 18.3 Å². The summed E-state index contributed by atoms with van der Waals surface area (Å²) in [5, 5.41) is 11.2. The van der Waals surface area contributed by atoms with Crippen LogP contribution in [0.25, 0.3) is 0 Å². The van der Waals surface area contributed by atoms with Gasteiger partial charge in [-0.2, -0.15) is 5.26 Å². The van der Waals surface area contributed by atoms with E-state index < -0.39 is 47.3 Å². The second-order valence-corrected chi connectivity index (χ2v) is 6.94. The standard InChI is InChI=1S/C20H18F3N5O2/c1-10-11(2)30-19(25)28-20(10,9-21)14-5-13(6-15(22)17(14)23)27-18(29)16-4-3-12(7-24)8-26-16/h3-6,8,10-11H,9H2,1-2H3,(H2,25,28)(H,27,29)/t10-,11?,20-/m1/s1. The number of pyridine rings is 1. The van der Waals surface area contributed by atoms with Gasteiger partial charge in [0.25, 0.3) is 11.9 Å². The van der Waals surface area contributed by atoms with Crippen molar-refractivity contribution in [2.45, 2.75) is 25.5 Å². The molecule has 1 amide bonds. The number of hydrogen-bond donors (Lipinski definition) is 2. The van der Waals surface area contributed by atoms with Gasteiger partial charge in [-0.15, -0.1) is 0 Å². The Hall–Kier alpha value is -3.61. The van der Waals surface area contributed by atoms with E-state index in [0.29, 0.717) is 0 Å². The number of nitrogens with one attached hydrogen (secondary N) is 1. The summed E-state index contributed by atoms with van der Waals surface area (Å²) < 4.78 is 48.6. The molecule has 0 saturated carbocycles. The van der Waals surface area contributed by atoms with Gasteiger partial charge in [0, 0.05) is 29.4 Å². The van der Waals surface area contributed by atoms with Crippen LogP contribution >= 0.6 is 0 Å². The van der Waals surface area contributed by atoms with Gasteiger partial charge in [-0.25, -0.2) is 23.1 Å². The number of aliphatic imine (C=N–C) groups is 1. The zero-order chi connectivity index (χ0) is 22.1. The molecule has 2 aromatic rings. The van der Waals surface area contributed by atoms with Crippen molar-refractivity contribution in [1.82, 2.24) is 4.98 Å². The predicted molar refractivity (Wildman–Crippen MR) is 102 cm³/mol. The van der Waals surface area contributed by atoms with Crippen LogP contribution in [0, 0.1) is 28.9 Å². The van der Waals surface area contributed by atoms with Gasteiger partial charge < -0.3 is 15.8 Å². The molecule has 1 aromatic carbocycles.